The van der Waals surface area contributed by atoms with Crippen LogP contribution in [0.5, 0.6) is 5.75 Å². The monoisotopic (exact) mass is 380 g/mol. The number of nitrogens with zero attached hydrogens (tertiary/aromatic N) is 2. The van der Waals surface area contributed by atoms with Gasteiger partial charge in [-0.2, -0.15) is 0 Å². The first kappa shape index (κ1) is 18.2. The molecule has 3 aromatic rings. The van der Waals surface area contributed by atoms with Gasteiger partial charge in [0, 0.05) is 17.3 Å². The quantitative estimate of drug-likeness (QED) is 0.726. The number of nitrogens with two attached hydrogens (primary N) is 2. The van der Waals surface area contributed by atoms with Crippen molar-refractivity contribution in [1.82, 2.24) is 9.13 Å². The summed E-state index contributed by atoms with van der Waals surface area (Å²) in [4.78, 5) is 25.6. The van der Waals surface area contributed by atoms with E-state index in [1.165, 1.54) is 0 Å². The van der Waals surface area contributed by atoms with Crippen molar-refractivity contribution in [2.45, 2.75) is 39.7 Å². The maximum atomic E-state index is 13.3. The van der Waals surface area contributed by atoms with Crippen molar-refractivity contribution >= 4 is 22.6 Å². The lowest BCUT2D eigenvalue weighted by atomic mass is 10.1. The SMILES string of the molecule is COc1ccc(C)c(-n2c(N)c(C(N)=O)c3c(=O)n(C4CC4)c(C)cc32)c1C. The van der Waals surface area contributed by atoms with Crippen molar-refractivity contribution in [3.05, 3.63) is 50.9 Å². The number of fused-ring (bicyclic) bond motifs is 1. The summed E-state index contributed by atoms with van der Waals surface area (Å²) in [6.07, 6.45) is 1.92. The van der Waals surface area contributed by atoms with Crippen LogP contribution in [0.3, 0.4) is 0 Å². The van der Waals surface area contributed by atoms with Crippen LogP contribution in [0.25, 0.3) is 16.6 Å². The van der Waals surface area contributed by atoms with E-state index in [1.807, 2.05) is 39.0 Å². The fourth-order valence-electron chi connectivity index (χ4n) is 4.17. The lowest BCUT2D eigenvalue weighted by molar-refractivity contribution is 0.100. The normalized spacial score (nSPS) is 13.9. The summed E-state index contributed by atoms with van der Waals surface area (Å²) >= 11 is 0. The van der Waals surface area contributed by atoms with Crippen LogP contribution in [0.15, 0.2) is 23.0 Å². The number of methoxy groups -OCH3 is 1. The number of pyridine rings is 1. The van der Waals surface area contributed by atoms with E-state index >= 15 is 0 Å². The molecule has 1 aromatic carbocycles. The lowest BCUT2D eigenvalue weighted by Gasteiger charge is -2.18. The third-order valence-corrected chi connectivity index (χ3v) is 5.59. The van der Waals surface area contributed by atoms with Gasteiger partial charge in [0.25, 0.3) is 11.5 Å². The highest BCUT2D eigenvalue weighted by Gasteiger charge is 2.31. The van der Waals surface area contributed by atoms with Crippen LogP contribution >= 0.6 is 0 Å². The first-order valence-corrected chi connectivity index (χ1v) is 9.28. The van der Waals surface area contributed by atoms with Crippen LogP contribution in [-0.2, 0) is 0 Å². The average Bonchev–Trinajstić information content (AvgIpc) is 3.41. The molecule has 0 saturated heterocycles. The average molecular weight is 380 g/mol. The van der Waals surface area contributed by atoms with Crippen LogP contribution in [0, 0.1) is 20.8 Å². The number of nitrogen functional groups attached to an aromatic ring is 1. The van der Waals surface area contributed by atoms with Crippen molar-refractivity contribution in [1.29, 1.82) is 0 Å². The third-order valence-electron chi connectivity index (χ3n) is 5.59. The van der Waals surface area contributed by atoms with Gasteiger partial charge in [-0.1, -0.05) is 6.07 Å². The molecule has 1 fully saturated rings. The van der Waals surface area contributed by atoms with E-state index in [9.17, 15) is 9.59 Å². The minimum Gasteiger partial charge on any atom is -0.496 e. The summed E-state index contributed by atoms with van der Waals surface area (Å²) in [5.41, 5.74) is 16.0. The molecule has 146 valence electrons. The summed E-state index contributed by atoms with van der Waals surface area (Å²) in [5.74, 6) is 0.167. The highest BCUT2D eigenvalue weighted by Crippen LogP contribution is 2.38. The van der Waals surface area contributed by atoms with Crippen LogP contribution < -0.4 is 21.8 Å². The van der Waals surface area contributed by atoms with Gasteiger partial charge in [0.05, 0.1) is 29.3 Å². The number of benzene rings is 1. The zero-order valence-electron chi connectivity index (χ0n) is 16.5. The van der Waals surface area contributed by atoms with Crippen molar-refractivity contribution in [2.24, 2.45) is 5.73 Å². The molecule has 0 atom stereocenters. The fraction of sp³-hybridized carbons (Fsp3) is 0.333. The van der Waals surface area contributed by atoms with Crippen molar-refractivity contribution < 1.29 is 9.53 Å². The van der Waals surface area contributed by atoms with E-state index in [0.717, 1.165) is 35.3 Å². The zero-order chi connectivity index (χ0) is 20.3. The molecule has 7 heteroatoms. The van der Waals surface area contributed by atoms with Gasteiger partial charge in [0.2, 0.25) is 0 Å². The maximum Gasteiger partial charge on any atom is 0.261 e. The molecule has 28 heavy (non-hydrogen) atoms. The highest BCUT2D eigenvalue weighted by molar-refractivity contribution is 6.11. The number of rotatable bonds is 4. The summed E-state index contributed by atoms with van der Waals surface area (Å²) in [6.45, 7) is 5.78. The number of amides is 1. The second kappa shape index (κ2) is 6.15. The topological polar surface area (TPSA) is 105 Å². The number of hydrogen-bond acceptors (Lipinski definition) is 4. The number of primary amides is 1. The lowest BCUT2D eigenvalue weighted by Crippen LogP contribution is -2.23. The van der Waals surface area contributed by atoms with Crippen LogP contribution in [0.4, 0.5) is 5.82 Å². The Morgan fingerprint density at radius 3 is 2.46 bits per heavy atom. The molecule has 1 aliphatic carbocycles. The van der Waals surface area contributed by atoms with E-state index in [0.29, 0.717) is 11.3 Å². The van der Waals surface area contributed by atoms with Gasteiger partial charge in [0.1, 0.15) is 11.6 Å². The van der Waals surface area contributed by atoms with Gasteiger partial charge in [-0.15, -0.1) is 0 Å². The highest BCUT2D eigenvalue weighted by atomic mass is 16.5. The Labute approximate surface area is 162 Å². The molecule has 7 nitrogen and oxygen atoms in total. The second-order valence-electron chi connectivity index (χ2n) is 7.47. The third kappa shape index (κ3) is 2.42. The molecule has 0 aliphatic heterocycles. The molecule has 2 heterocycles. The molecule has 4 N–H and O–H groups in total. The number of ether oxygens (including phenoxy) is 1. The minimum atomic E-state index is -0.706. The zero-order valence-corrected chi connectivity index (χ0v) is 16.5. The van der Waals surface area contributed by atoms with E-state index in [4.69, 9.17) is 16.2 Å². The van der Waals surface area contributed by atoms with Crippen molar-refractivity contribution in [2.75, 3.05) is 12.8 Å². The number of aromatic nitrogens is 2. The Morgan fingerprint density at radius 2 is 1.89 bits per heavy atom. The Morgan fingerprint density at radius 1 is 1.21 bits per heavy atom. The summed E-state index contributed by atoms with van der Waals surface area (Å²) < 4.78 is 8.97. The van der Waals surface area contributed by atoms with Gasteiger partial charge < -0.3 is 20.8 Å². The summed E-state index contributed by atoms with van der Waals surface area (Å²) in [6, 6.07) is 5.91. The molecule has 1 saturated carbocycles. The van der Waals surface area contributed by atoms with E-state index in [1.54, 1.807) is 16.2 Å². The van der Waals surface area contributed by atoms with Crippen molar-refractivity contribution in [3.8, 4) is 11.4 Å². The van der Waals surface area contributed by atoms with E-state index in [-0.39, 0.29) is 28.4 Å². The summed E-state index contributed by atoms with van der Waals surface area (Å²) in [7, 11) is 1.60. The molecule has 0 spiro atoms. The van der Waals surface area contributed by atoms with E-state index < -0.39 is 5.91 Å². The molecule has 1 amide bonds. The number of anilines is 1. The maximum absolute atomic E-state index is 13.3. The first-order chi connectivity index (χ1) is 13.3. The number of carbonyl (C=O) groups excluding carboxylic acids is 1. The Bertz CT molecular complexity index is 1200. The number of hydrogen-bond donors (Lipinski definition) is 2. The number of aryl methyl sites for hydroxylation is 2. The molecular formula is C21H24N4O3. The van der Waals surface area contributed by atoms with Crippen LogP contribution in [0.1, 0.15) is 46.1 Å². The molecule has 2 aromatic heterocycles. The molecule has 0 radical (unpaired) electrons. The van der Waals surface area contributed by atoms with Crippen LogP contribution in [0.2, 0.25) is 0 Å². The molecule has 4 rings (SSSR count). The predicted molar refractivity (Wildman–Crippen MR) is 109 cm³/mol. The Balaban J connectivity index is 2.19. The predicted octanol–water partition coefficient (Wildman–Crippen LogP) is 2.74. The number of carbonyl (C=O) groups is 1. The summed E-state index contributed by atoms with van der Waals surface area (Å²) in [5, 5.41) is 0.282. The first-order valence-electron chi connectivity index (χ1n) is 9.28. The standard InChI is InChI=1S/C21H24N4O3/c1-10-5-8-15(28-4)12(3)18(10)25-14-9-11(2)24(13-6-7-13)21(27)16(14)17(19(25)22)20(23)26/h5,8-9,13H,6-7,22H2,1-4H3,(H2,23,26). The van der Waals surface area contributed by atoms with Gasteiger partial charge in [0.15, 0.2) is 0 Å². The second-order valence-corrected chi connectivity index (χ2v) is 7.47. The minimum absolute atomic E-state index is 0.0796. The Hall–Kier alpha value is -3.22. The van der Waals surface area contributed by atoms with E-state index in [2.05, 4.69) is 0 Å². The van der Waals surface area contributed by atoms with Gasteiger partial charge >= 0.3 is 0 Å². The largest absolute Gasteiger partial charge is 0.496 e. The van der Waals surface area contributed by atoms with Gasteiger partial charge in [-0.25, -0.2) is 0 Å². The van der Waals surface area contributed by atoms with Crippen LogP contribution in [-0.4, -0.2) is 22.2 Å². The Kier molecular flexibility index (Phi) is 3.99. The molecular weight excluding hydrogens is 356 g/mol. The molecule has 0 bridgehead atoms. The fourth-order valence-corrected chi connectivity index (χ4v) is 4.17. The van der Waals surface area contributed by atoms with Gasteiger partial charge in [-0.3, -0.25) is 14.2 Å². The molecule has 0 unspecified atom stereocenters. The van der Waals surface area contributed by atoms with Crippen molar-refractivity contribution in [3.63, 3.8) is 0 Å². The van der Waals surface area contributed by atoms with Gasteiger partial charge in [-0.05, 0) is 51.3 Å². The smallest absolute Gasteiger partial charge is 0.261 e. The molecule has 1 aliphatic rings.